The zero-order valence-corrected chi connectivity index (χ0v) is 14.2. The van der Waals surface area contributed by atoms with E-state index in [-0.39, 0.29) is 23.1 Å². The number of ether oxygens (including phenoxy) is 1. The van der Waals surface area contributed by atoms with E-state index in [9.17, 15) is 14.7 Å². The molecule has 1 aromatic heterocycles. The molecule has 0 spiro atoms. The maximum absolute atomic E-state index is 12.6. The highest BCUT2D eigenvalue weighted by molar-refractivity contribution is 5.96. The van der Waals surface area contributed by atoms with Gasteiger partial charge in [0.05, 0.1) is 12.2 Å². The maximum atomic E-state index is 12.6. The van der Waals surface area contributed by atoms with Gasteiger partial charge < -0.3 is 19.7 Å². The Morgan fingerprint density at radius 2 is 2.12 bits per heavy atom. The fourth-order valence-electron chi connectivity index (χ4n) is 3.04. The Labute approximate surface area is 146 Å². The van der Waals surface area contributed by atoms with Crippen LogP contribution in [0.2, 0.25) is 0 Å². The van der Waals surface area contributed by atoms with Gasteiger partial charge in [-0.2, -0.15) is 0 Å². The number of pyridine rings is 1. The summed E-state index contributed by atoms with van der Waals surface area (Å²) in [4.78, 5) is 27.9. The van der Waals surface area contributed by atoms with Gasteiger partial charge in [-0.25, -0.2) is 0 Å². The van der Waals surface area contributed by atoms with Crippen LogP contribution in [0.25, 0.3) is 0 Å². The van der Waals surface area contributed by atoms with Crippen molar-refractivity contribution in [2.75, 3.05) is 19.7 Å². The minimum Gasteiger partial charge on any atom is -0.507 e. The van der Waals surface area contributed by atoms with Crippen molar-refractivity contribution in [1.29, 1.82) is 0 Å². The van der Waals surface area contributed by atoms with Gasteiger partial charge in [-0.15, -0.1) is 0 Å². The number of aromatic amines is 1. The summed E-state index contributed by atoms with van der Waals surface area (Å²) in [5.41, 5.74) is 0.874. The second kappa shape index (κ2) is 7.42. The van der Waals surface area contributed by atoms with Crippen molar-refractivity contribution in [3.8, 4) is 11.5 Å². The molecule has 25 heavy (non-hydrogen) atoms. The van der Waals surface area contributed by atoms with E-state index in [1.165, 1.54) is 11.8 Å². The van der Waals surface area contributed by atoms with E-state index < -0.39 is 5.56 Å². The fourth-order valence-corrected chi connectivity index (χ4v) is 3.04. The first kappa shape index (κ1) is 17.1. The lowest BCUT2D eigenvalue weighted by atomic mass is 9.98. The Hall–Kier alpha value is -2.76. The fraction of sp³-hybridized carbons (Fsp3) is 0.368. The molecule has 1 amide bonds. The van der Waals surface area contributed by atoms with Crippen molar-refractivity contribution in [1.82, 2.24) is 9.88 Å². The van der Waals surface area contributed by atoms with Crippen LogP contribution in [0.4, 0.5) is 0 Å². The number of aryl methyl sites for hydroxylation is 1. The monoisotopic (exact) mass is 342 g/mol. The topological polar surface area (TPSA) is 82.6 Å². The van der Waals surface area contributed by atoms with Gasteiger partial charge in [-0.3, -0.25) is 9.59 Å². The smallest absolute Gasteiger partial charge is 0.259 e. The molecule has 132 valence electrons. The zero-order chi connectivity index (χ0) is 17.8. The van der Waals surface area contributed by atoms with E-state index in [4.69, 9.17) is 4.74 Å². The van der Waals surface area contributed by atoms with Crippen LogP contribution in [0.5, 0.6) is 11.5 Å². The highest BCUT2D eigenvalue weighted by atomic mass is 16.5. The average molecular weight is 342 g/mol. The molecular formula is C19H22N2O4. The molecule has 2 N–H and O–H groups in total. The molecule has 0 bridgehead atoms. The number of piperidine rings is 1. The maximum Gasteiger partial charge on any atom is 0.259 e. The van der Waals surface area contributed by atoms with E-state index in [1.807, 2.05) is 31.2 Å². The van der Waals surface area contributed by atoms with Gasteiger partial charge in [-0.05, 0) is 31.9 Å². The summed E-state index contributed by atoms with van der Waals surface area (Å²) in [7, 11) is 0. The lowest BCUT2D eigenvalue weighted by Gasteiger charge is -2.32. The molecule has 1 atom stereocenters. The molecule has 0 unspecified atom stereocenters. The van der Waals surface area contributed by atoms with Crippen LogP contribution < -0.4 is 10.3 Å². The first-order valence-electron chi connectivity index (χ1n) is 8.43. The van der Waals surface area contributed by atoms with Crippen molar-refractivity contribution in [2.45, 2.75) is 19.8 Å². The standard InChI is InChI=1S/C19H22N2O4/c1-13-4-6-15(7-5-13)25-12-14-3-2-8-21(11-14)19(24)16-10-20-18(23)9-17(16)22/h4-7,9-10,14H,2-3,8,11-12H2,1H3,(H2,20,22,23)/t14-/m0/s1. The molecule has 2 heterocycles. The zero-order valence-electron chi connectivity index (χ0n) is 14.2. The summed E-state index contributed by atoms with van der Waals surface area (Å²) in [5, 5.41) is 9.84. The number of aromatic nitrogens is 1. The minimum atomic E-state index is -0.433. The van der Waals surface area contributed by atoms with Crippen LogP contribution in [0.15, 0.2) is 41.3 Å². The summed E-state index contributed by atoms with van der Waals surface area (Å²) in [5.74, 6) is 0.511. The highest BCUT2D eigenvalue weighted by Gasteiger charge is 2.26. The third-order valence-electron chi connectivity index (χ3n) is 4.45. The number of H-pyrrole nitrogens is 1. The second-order valence-corrected chi connectivity index (χ2v) is 6.48. The molecule has 1 aromatic carbocycles. The molecule has 6 heteroatoms. The van der Waals surface area contributed by atoms with Crippen LogP contribution >= 0.6 is 0 Å². The normalized spacial score (nSPS) is 17.3. The Balaban J connectivity index is 1.61. The number of carbonyl (C=O) groups excluding carboxylic acids is 1. The quantitative estimate of drug-likeness (QED) is 0.893. The Morgan fingerprint density at radius 1 is 1.36 bits per heavy atom. The predicted molar refractivity (Wildman–Crippen MR) is 94.0 cm³/mol. The van der Waals surface area contributed by atoms with Crippen LogP contribution in [0.3, 0.4) is 0 Å². The van der Waals surface area contributed by atoms with Crippen molar-refractivity contribution in [3.63, 3.8) is 0 Å². The van der Waals surface area contributed by atoms with E-state index >= 15 is 0 Å². The Bertz CT molecular complexity index is 798. The molecule has 0 aliphatic carbocycles. The first-order chi connectivity index (χ1) is 12.0. The lowest BCUT2D eigenvalue weighted by molar-refractivity contribution is 0.0630. The second-order valence-electron chi connectivity index (χ2n) is 6.48. The number of likely N-dealkylation sites (tertiary alicyclic amines) is 1. The van der Waals surface area contributed by atoms with Gasteiger partial charge in [0.15, 0.2) is 0 Å². The third-order valence-corrected chi connectivity index (χ3v) is 4.45. The highest BCUT2D eigenvalue weighted by Crippen LogP contribution is 2.22. The summed E-state index contributed by atoms with van der Waals surface area (Å²) in [6.07, 6.45) is 3.15. The molecule has 0 saturated carbocycles. The van der Waals surface area contributed by atoms with Gasteiger partial charge in [-0.1, -0.05) is 17.7 Å². The van der Waals surface area contributed by atoms with Gasteiger partial charge in [0, 0.05) is 31.3 Å². The number of nitrogens with zero attached hydrogens (tertiary/aromatic N) is 1. The Kier molecular flexibility index (Phi) is 5.07. The third kappa shape index (κ3) is 4.21. The van der Waals surface area contributed by atoms with Crippen LogP contribution in [-0.2, 0) is 0 Å². The molecule has 0 radical (unpaired) electrons. The van der Waals surface area contributed by atoms with Crippen LogP contribution in [0.1, 0.15) is 28.8 Å². The molecule has 1 fully saturated rings. The number of benzene rings is 1. The van der Waals surface area contributed by atoms with E-state index in [0.29, 0.717) is 19.7 Å². The van der Waals surface area contributed by atoms with Gasteiger partial charge in [0.2, 0.25) is 0 Å². The molecular weight excluding hydrogens is 320 g/mol. The van der Waals surface area contributed by atoms with Gasteiger partial charge in [0.25, 0.3) is 11.5 Å². The summed E-state index contributed by atoms with van der Waals surface area (Å²) >= 11 is 0. The minimum absolute atomic E-state index is 0.125. The van der Waals surface area contributed by atoms with Gasteiger partial charge >= 0.3 is 0 Å². The van der Waals surface area contributed by atoms with Crippen molar-refractivity contribution in [2.24, 2.45) is 5.92 Å². The molecule has 3 rings (SSSR count). The van der Waals surface area contributed by atoms with E-state index in [0.717, 1.165) is 24.7 Å². The molecule has 1 saturated heterocycles. The van der Waals surface area contributed by atoms with E-state index in [1.54, 1.807) is 4.90 Å². The number of hydrogen-bond acceptors (Lipinski definition) is 4. The van der Waals surface area contributed by atoms with Crippen molar-refractivity contribution in [3.05, 3.63) is 58.0 Å². The largest absolute Gasteiger partial charge is 0.507 e. The molecule has 2 aromatic rings. The molecule has 1 aliphatic heterocycles. The summed E-state index contributed by atoms with van der Waals surface area (Å²) in [6, 6.07) is 8.92. The molecule has 1 aliphatic rings. The number of rotatable bonds is 4. The van der Waals surface area contributed by atoms with E-state index in [2.05, 4.69) is 4.98 Å². The number of aromatic hydroxyl groups is 1. The van der Waals surface area contributed by atoms with Gasteiger partial charge in [0.1, 0.15) is 11.5 Å². The SMILES string of the molecule is Cc1ccc(OC[C@H]2CCCN(C(=O)c3c[nH]c(=O)cc3O)C2)cc1. The van der Waals surface area contributed by atoms with Crippen molar-refractivity contribution >= 4 is 5.91 Å². The number of hydrogen-bond donors (Lipinski definition) is 2. The number of amides is 1. The summed E-state index contributed by atoms with van der Waals surface area (Å²) in [6.45, 7) is 3.78. The molecule has 6 nitrogen and oxygen atoms in total. The Morgan fingerprint density at radius 3 is 2.84 bits per heavy atom. The number of carbonyl (C=O) groups is 1. The van der Waals surface area contributed by atoms with Crippen molar-refractivity contribution < 1.29 is 14.6 Å². The lowest BCUT2D eigenvalue weighted by Crippen LogP contribution is -2.41. The van der Waals surface area contributed by atoms with Crippen LogP contribution in [-0.4, -0.2) is 40.6 Å². The number of nitrogens with one attached hydrogen (secondary N) is 1. The average Bonchev–Trinajstić information content (AvgIpc) is 2.61. The van der Waals surface area contributed by atoms with Crippen LogP contribution in [0, 0.1) is 12.8 Å². The predicted octanol–water partition coefficient (Wildman–Crippen LogP) is 2.32. The summed E-state index contributed by atoms with van der Waals surface area (Å²) < 4.78 is 5.84. The first-order valence-corrected chi connectivity index (χ1v) is 8.43.